The van der Waals surface area contributed by atoms with Gasteiger partial charge in [-0.05, 0) is 31.2 Å². The van der Waals surface area contributed by atoms with Crippen molar-refractivity contribution in [3.63, 3.8) is 0 Å². The summed E-state index contributed by atoms with van der Waals surface area (Å²) in [7, 11) is 3.70. The molecule has 0 bridgehead atoms. The Kier molecular flexibility index (Phi) is 5.11. The molecule has 4 rings (SSSR count). The molecule has 2 heterocycles. The normalized spacial score (nSPS) is 29.0. The Hall–Kier alpha value is -1.69. The van der Waals surface area contributed by atoms with Crippen molar-refractivity contribution in [1.82, 2.24) is 14.5 Å². The number of imidazole rings is 1. The first kappa shape index (κ1) is 17.7. The van der Waals surface area contributed by atoms with Gasteiger partial charge in [0, 0.05) is 45.7 Å². The quantitative estimate of drug-likeness (QED) is 0.798. The average Bonchev–Trinajstić information content (AvgIpc) is 3.27. The number of aromatic nitrogens is 2. The van der Waals surface area contributed by atoms with Crippen LogP contribution in [0.25, 0.3) is 0 Å². The molecule has 0 spiro atoms. The van der Waals surface area contributed by atoms with E-state index >= 15 is 0 Å². The first-order valence-electron chi connectivity index (χ1n) is 9.60. The van der Waals surface area contributed by atoms with Crippen molar-refractivity contribution in [2.45, 2.75) is 56.5 Å². The summed E-state index contributed by atoms with van der Waals surface area (Å²) >= 11 is 0. The van der Waals surface area contributed by atoms with Crippen molar-refractivity contribution in [1.29, 1.82) is 0 Å². The molecule has 1 saturated heterocycles. The fraction of sp³-hybridized carbons (Fsp3) is 0.571. The molecule has 0 unspecified atom stereocenters. The van der Waals surface area contributed by atoms with Crippen LogP contribution in [0, 0.1) is 0 Å². The largest absolute Gasteiger partial charge is 0.381 e. The van der Waals surface area contributed by atoms with Crippen LogP contribution >= 0.6 is 0 Å². The van der Waals surface area contributed by atoms with Crippen LogP contribution in [0.2, 0.25) is 0 Å². The highest BCUT2D eigenvalue weighted by atomic mass is 16.5. The summed E-state index contributed by atoms with van der Waals surface area (Å²) in [6.45, 7) is 2.80. The minimum atomic E-state index is -0.00805. The molecule has 0 N–H and O–H groups in total. The highest BCUT2D eigenvalue weighted by molar-refractivity contribution is 5.16. The fourth-order valence-corrected chi connectivity index (χ4v) is 4.76. The number of likely N-dealkylation sites (tertiary alicyclic amines) is 1. The van der Waals surface area contributed by atoms with Gasteiger partial charge < -0.3 is 14.0 Å². The van der Waals surface area contributed by atoms with Crippen molar-refractivity contribution in [2.24, 2.45) is 0 Å². The van der Waals surface area contributed by atoms with E-state index in [1.165, 1.54) is 5.56 Å². The average molecular weight is 355 g/mol. The van der Waals surface area contributed by atoms with Crippen LogP contribution in [0.1, 0.15) is 37.1 Å². The minimum absolute atomic E-state index is 0.00805. The van der Waals surface area contributed by atoms with Gasteiger partial charge in [-0.15, -0.1) is 0 Å². The molecule has 1 aliphatic heterocycles. The Morgan fingerprint density at radius 3 is 2.77 bits per heavy atom. The predicted octanol–water partition coefficient (Wildman–Crippen LogP) is 3.09. The SMILES string of the molecule is CO[C@@H]1CC[C@@]2(OC)CCN(Cc3nccn3Cc3ccccc3)[C@H]2C1. The van der Waals surface area contributed by atoms with Gasteiger partial charge in [-0.25, -0.2) is 4.98 Å². The van der Waals surface area contributed by atoms with Gasteiger partial charge in [-0.3, -0.25) is 4.90 Å². The molecule has 2 aromatic rings. The van der Waals surface area contributed by atoms with Crippen molar-refractivity contribution < 1.29 is 9.47 Å². The van der Waals surface area contributed by atoms with Crippen LogP contribution < -0.4 is 0 Å². The van der Waals surface area contributed by atoms with E-state index in [0.29, 0.717) is 12.1 Å². The predicted molar refractivity (Wildman–Crippen MR) is 101 cm³/mol. The summed E-state index contributed by atoms with van der Waals surface area (Å²) in [4.78, 5) is 7.20. The zero-order valence-electron chi connectivity index (χ0n) is 15.8. The van der Waals surface area contributed by atoms with E-state index < -0.39 is 0 Å². The van der Waals surface area contributed by atoms with Crippen LogP contribution in [0.4, 0.5) is 0 Å². The lowest BCUT2D eigenvalue weighted by Crippen LogP contribution is -2.51. The molecule has 140 valence electrons. The summed E-state index contributed by atoms with van der Waals surface area (Å²) in [5.41, 5.74) is 1.29. The molecule has 5 nitrogen and oxygen atoms in total. The van der Waals surface area contributed by atoms with Crippen molar-refractivity contribution >= 4 is 0 Å². The van der Waals surface area contributed by atoms with E-state index in [1.807, 2.05) is 20.4 Å². The summed E-state index contributed by atoms with van der Waals surface area (Å²) in [5, 5.41) is 0. The molecule has 1 aromatic heterocycles. The highest BCUT2D eigenvalue weighted by Gasteiger charge is 2.51. The third-order valence-corrected chi connectivity index (χ3v) is 6.33. The van der Waals surface area contributed by atoms with Gasteiger partial charge in [0.1, 0.15) is 5.82 Å². The Labute approximate surface area is 155 Å². The summed E-state index contributed by atoms with van der Waals surface area (Å²) in [5.74, 6) is 1.13. The van der Waals surface area contributed by atoms with Crippen LogP contribution in [0.3, 0.4) is 0 Å². The van der Waals surface area contributed by atoms with E-state index in [9.17, 15) is 0 Å². The lowest BCUT2D eigenvalue weighted by molar-refractivity contribution is -0.0950. The summed E-state index contributed by atoms with van der Waals surface area (Å²) in [6, 6.07) is 11.0. The van der Waals surface area contributed by atoms with Gasteiger partial charge in [0.15, 0.2) is 0 Å². The summed E-state index contributed by atoms with van der Waals surface area (Å²) in [6.07, 6.45) is 8.66. The Morgan fingerprint density at radius 1 is 1.15 bits per heavy atom. The molecule has 0 radical (unpaired) electrons. The Morgan fingerprint density at radius 2 is 2.00 bits per heavy atom. The smallest absolute Gasteiger partial charge is 0.123 e. The Balaban J connectivity index is 1.50. The number of rotatable bonds is 6. The lowest BCUT2D eigenvalue weighted by atomic mass is 9.79. The minimum Gasteiger partial charge on any atom is -0.381 e. The van der Waals surface area contributed by atoms with Crippen LogP contribution in [-0.2, 0) is 22.6 Å². The third-order valence-electron chi connectivity index (χ3n) is 6.33. The maximum Gasteiger partial charge on any atom is 0.123 e. The first-order valence-corrected chi connectivity index (χ1v) is 9.60. The van der Waals surface area contributed by atoms with Gasteiger partial charge in [0.25, 0.3) is 0 Å². The fourth-order valence-electron chi connectivity index (χ4n) is 4.76. The topological polar surface area (TPSA) is 39.5 Å². The van der Waals surface area contributed by atoms with Crippen molar-refractivity contribution in [3.8, 4) is 0 Å². The first-order chi connectivity index (χ1) is 12.7. The molecule has 1 saturated carbocycles. The zero-order valence-corrected chi connectivity index (χ0v) is 15.8. The van der Waals surface area contributed by atoms with Gasteiger partial charge in [-0.1, -0.05) is 30.3 Å². The lowest BCUT2D eigenvalue weighted by Gasteiger charge is -2.43. The number of fused-ring (bicyclic) bond motifs is 1. The van der Waals surface area contributed by atoms with Gasteiger partial charge >= 0.3 is 0 Å². The van der Waals surface area contributed by atoms with Crippen molar-refractivity contribution in [3.05, 3.63) is 54.1 Å². The molecule has 26 heavy (non-hydrogen) atoms. The van der Waals surface area contributed by atoms with Gasteiger partial charge in [0.05, 0.1) is 18.2 Å². The maximum atomic E-state index is 6.05. The van der Waals surface area contributed by atoms with E-state index in [0.717, 1.165) is 51.1 Å². The van der Waals surface area contributed by atoms with E-state index in [-0.39, 0.29) is 5.60 Å². The highest BCUT2D eigenvalue weighted by Crippen LogP contribution is 2.43. The molecular formula is C21H29N3O2. The van der Waals surface area contributed by atoms with E-state index in [2.05, 4.69) is 51.0 Å². The van der Waals surface area contributed by atoms with Crippen molar-refractivity contribution in [2.75, 3.05) is 20.8 Å². The van der Waals surface area contributed by atoms with Crippen LogP contribution in [0.5, 0.6) is 0 Å². The molecular weight excluding hydrogens is 326 g/mol. The molecule has 2 fully saturated rings. The standard InChI is InChI=1S/C21H29N3O2/c1-25-18-8-9-21(26-2)10-12-23(19(21)14-18)16-20-22-11-13-24(20)15-17-6-4-3-5-7-17/h3-7,11,13,18-19H,8-10,12,14-16H2,1-2H3/t18-,19+,21-/m1/s1. The van der Waals surface area contributed by atoms with Crippen LogP contribution in [-0.4, -0.2) is 53.0 Å². The second-order valence-electron chi connectivity index (χ2n) is 7.59. The molecule has 2 aliphatic rings. The number of hydrogen-bond donors (Lipinski definition) is 0. The number of methoxy groups -OCH3 is 2. The number of benzene rings is 1. The molecule has 0 amide bonds. The van der Waals surface area contributed by atoms with Crippen LogP contribution in [0.15, 0.2) is 42.7 Å². The molecule has 1 aliphatic carbocycles. The molecule has 5 heteroatoms. The third kappa shape index (κ3) is 3.31. The maximum absolute atomic E-state index is 6.05. The van der Waals surface area contributed by atoms with Gasteiger partial charge in [0.2, 0.25) is 0 Å². The molecule has 3 atom stereocenters. The second-order valence-corrected chi connectivity index (χ2v) is 7.59. The second kappa shape index (κ2) is 7.51. The number of nitrogens with zero attached hydrogens (tertiary/aromatic N) is 3. The van der Waals surface area contributed by atoms with E-state index in [4.69, 9.17) is 9.47 Å². The monoisotopic (exact) mass is 355 g/mol. The molecule has 1 aromatic carbocycles. The van der Waals surface area contributed by atoms with Gasteiger partial charge in [-0.2, -0.15) is 0 Å². The number of hydrogen-bond acceptors (Lipinski definition) is 4. The zero-order chi connectivity index (χ0) is 18.0. The van der Waals surface area contributed by atoms with E-state index in [1.54, 1.807) is 0 Å². The number of ether oxygens (including phenoxy) is 2. The summed E-state index contributed by atoms with van der Waals surface area (Å²) < 4.78 is 14.0. The Bertz CT molecular complexity index is 717.